The predicted molar refractivity (Wildman–Crippen MR) is 136 cm³/mol. The Morgan fingerprint density at radius 2 is 1.69 bits per heavy atom. The SMILES string of the molecule is COCCCNC(=O)c1ccccc1NC(=O)CN(c1cccc(Cl)c1)S(=O)(=O)c1ccccc1. The van der Waals surface area contributed by atoms with Crippen molar-refractivity contribution in [3.63, 3.8) is 0 Å². The number of carbonyl (C=O) groups is 2. The van der Waals surface area contributed by atoms with Crippen molar-refractivity contribution < 1.29 is 22.7 Å². The van der Waals surface area contributed by atoms with Gasteiger partial charge in [0.1, 0.15) is 6.54 Å². The van der Waals surface area contributed by atoms with E-state index >= 15 is 0 Å². The molecule has 10 heteroatoms. The summed E-state index contributed by atoms with van der Waals surface area (Å²) in [5, 5.41) is 5.77. The van der Waals surface area contributed by atoms with Gasteiger partial charge in [0.2, 0.25) is 5.91 Å². The number of benzene rings is 3. The second kappa shape index (κ2) is 12.3. The Labute approximate surface area is 209 Å². The van der Waals surface area contributed by atoms with E-state index in [4.69, 9.17) is 16.3 Å². The minimum atomic E-state index is -4.08. The molecule has 184 valence electrons. The first-order valence-corrected chi connectivity index (χ1v) is 12.6. The van der Waals surface area contributed by atoms with Crippen molar-refractivity contribution >= 4 is 44.8 Å². The van der Waals surface area contributed by atoms with Gasteiger partial charge in [-0.15, -0.1) is 0 Å². The molecular formula is C25H26ClN3O5S. The first-order chi connectivity index (χ1) is 16.8. The highest BCUT2D eigenvalue weighted by atomic mass is 35.5. The molecule has 2 amide bonds. The van der Waals surface area contributed by atoms with Crippen LogP contribution in [0.15, 0.2) is 83.8 Å². The van der Waals surface area contributed by atoms with E-state index in [9.17, 15) is 18.0 Å². The van der Waals surface area contributed by atoms with Crippen LogP contribution in [0, 0.1) is 0 Å². The monoisotopic (exact) mass is 515 g/mol. The van der Waals surface area contributed by atoms with Crippen LogP contribution in [0.2, 0.25) is 5.02 Å². The maximum atomic E-state index is 13.4. The average molecular weight is 516 g/mol. The van der Waals surface area contributed by atoms with E-state index in [1.165, 1.54) is 18.2 Å². The van der Waals surface area contributed by atoms with E-state index < -0.39 is 22.5 Å². The summed E-state index contributed by atoms with van der Waals surface area (Å²) in [5.74, 6) is -0.982. The van der Waals surface area contributed by atoms with Crippen molar-refractivity contribution in [2.45, 2.75) is 11.3 Å². The van der Waals surface area contributed by atoms with Gasteiger partial charge in [0, 0.05) is 25.3 Å². The first-order valence-electron chi connectivity index (χ1n) is 10.8. The molecule has 0 aliphatic carbocycles. The molecule has 8 nitrogen and oxygen atoms in total. The number of hydrogen-bond acceptors (Lipinski definition) is 5. The number of anilines is 2. The summed E-state index contributed by atoms with van der Waals surface area (Å²) in [6, 6.07) is 20.6. The number of halogens is 1. The van der Waals surface area contributed by atoms with Crippen molar-refractivity contribution in [2.24, 2.45) is 0 Å². The lowest BCUT2D eigenvalue weighted by molar-refractivity contribution is -0.114. The summed E-state index contributed by atoms with van der Waals surface area (Å²) in [6.45, 7) is 0.391. The Morgan fingerprint density at radius 3 is 2.40 bits per heavy atom. The summed E-state index contributed by atoms with van der Waals surface area (Å²) in [7, 11) is -2.50. The molecule has 0 radical (unpaired) electrons. The summed E-state index contributed by atoms with van der Waals surface area (Å²) in [6.07, 6.45) is 0.642. The van der Waals surface area contributed by atoms with Gasteiger partial charge in [0.15, 0.2) is 0 Å². The molecule has 0 aromatic heterocycles. The molecule has 0 heterocycles. The van der Waals surface area contributed by atoms with Crippen LogP contribution < -0.4 is 14.9 Å². The van der Waals surface area contributed by atoms with Crippen LogP contribution >= 0.6 is 11.6 Å². The van der Waals surface area contributed by atoms with Gasteiger partial charge in [-0.25, -0.2) is 8.42 Å². The lowest BCUT2D eigenvalue weighted by atomic mass is 10.1. The van der Waals surface area contributed by atoms with Gasteiger partial charge in [-0.05, 0) is 48.9 Å². The van der Waals surface area contributed by atoms with Crippen molar-refractivity contribution in [3.8, 4) is 0 Å². The Kier molecular flexibility index (Phi) is 9.25. The Hall–Kier alpha value is -3.40. The van der Waals surface area contributed by atoms with Gasteiger partial charge >= 0.3 is 0 Å². The quantitative estimate of drug-likeness (QED) is 0.376. The fourth-order valence-electron chi connectivity index (χ4n) is 3.29. The van der Waals surface area contributed by atoms with Gasteiger partial charge in [-0.2, -0.15) is 0 Å². The third-order valence-corrected chi connectivity index (χ3v) is 6.99. The van der Waals surface area contributed by atoms with Crippen LogP contribution in [0.1, 0.15) is 16.8 Å². The van der Waals surface area contributed by atoms with Crippen molar-refractivity contribution in [2.75, 3.05) is 36.4 Å². The number of rotatable bonds is 11. The number of para-hydroxylation sites is 1. The number of nitrogens with zero attached hydrogens (tertiary/aromatic N) is 1. The molecule has 0 aliphatic rings. The van der Waals surface area contributed by atoms with Crippen LogP contribution in [0.4, 0.5) is 11.4 Å². The molecule has 0 fully saturated rings. The minimum absolute atomic E-state index is 0.0311. The molecule has 3 aromatic rings. The number of nitrogens with one attached hydrogen (secondary N) is 2. The normalized spacial score (nSPS) is 11.0. The standard InChI is InChI=1S/C25H26ClN3O5S/c1-34-16-8-15-27-25(31)22-13-5-6-14-23(22)28-24(30)18-29(20-10-7-9-19(26)17-20)35(32,33)21-11-3-2-4-12-21/h2-7,9-14,17H,8,15-16,18H2,1H3,(H,27,31)(H,28,30). The molecule has 3 rings (SSSR count). The smallest absolute Gasteiger partial charge is 0.264 e. The highest BCUT2D eigenvalue weighted by molar-refractivity contribution is 7.92. The fraction of sp³-hybridized carbons (Fsp3) is 0.200. The number of ether oxygens (including phenoxy) is 1. The van der Waals surface area contributed by atoms with Crippen LogP contribution in [0.5, 0.6) is 0 Å². The van der Waals surface area contributed by atoms with Gasteiger partial charge in [0.05, 0.1) is 21.8 Å². The zero-order valence-corrected chi connectivity index (χ0v) is 20.7. The lowest BCUT2D eigenvalue weighted by Gasteiger charge is -2.24. The fourth-order valence-corrected chi connectivity index (χ4v) is 4.91. The van der Waals surface area contributed by atoms with Crippen LogP contribution in [-0.2, 0) is 19.6 Å². The van der Waals surface area contributed by atoms with E-state index in [0.717, 1.165) is 4.31 Å². The maximum Gasteiger partial charge on any atom is 0.264 e. The molecular weight excluding hydrogens is 490 g/mol. The van der Waals surface area contributed by atoms with E-state index in [2.05, 4.69) is 10.6 Å². The van der Waals surface area contributed by atoms with E-state index in [1.54, 1.807) is 67.8 Å². The molecule has 0 aliphatic heterocycles. The molecule has 0 unspecified atom stereocenters. The number of amides is 2. The number of methoxy groups -OCH3 is 1. The molecule has 2 N–H and O–H groups in total. The summed E-state index contributed by atoms with van der Waals surface area (Å²) < 4.78 is 32.8. The Morgan fingerprint density at radius 1 is 0.971 bits per heavy atom. The molecule has 3 aromatic carbocycles. The number of sulfonamides is 1. The number of hydrogen-bond donors (Lipinski definition) is 2. The second-order valence-electron chi connectivity index (χ2n) is 7.50. The van der Waals surface area contributed by atoms with E-state index in [1.807, 2.05) is 0 Å². The van der Waals surface area contributed by atoms with Gasteiger partial charge < -0.3 is 15.4 Å². The predicted octanol–water partition coefficient (Wildman–Crippen LogP) is 3.94. The molecule has 0 atom stereocenters. The summed E-state index contributed by atoms with van der Waals surface area (Å²) in [4.78, 5) is 25.7. The summed E-state index contributed by atoms with van der Waals surface area (Å²) in [5.41, 5.74) is 0.768. The third-order valence-electron chi connectivity index (χ3n) is 4.97. The highest BCUT2D eigenvalue weighted by Crippen LogP contribution is 2.26. The molecule has 0 spiro atoms. The minimum Gasteiger partial charge on any atom is -0.385 e. The topological polar surface area (TPSA) is 105 Å². The van der Waals surface area contributed by atoms with Crippen molar-refractivity contribution in [1.29, 1.82) is 0 Å². The Bertz CT molecular complexity index is 1270. The first kappa shape index (κ1) is 26.2. The van der Waals surface area contributed by atoms with Gasteiger partial charge in [-0.3, -0.25) is 13.9 Å². The van der Waals surface area contributed by atoms with E-state index in [-0.39, 0.29) is 27.7 Å². The zero-order chi connectivity index (χ0) is 25.3. The average Bonchev–Trinajstić information content (AvgIpc) is 2.86. The molecule has 35 heavy (non-hydrogen) atoms. The lowest BCUT2D eigenvalue weighted by Crippen LogP contribution is -2.38. The van der Waals surface area contributed by atoms with Crippen LogP contribution in [-0.4, -0.2) is 47.0 Å². The van der Waals surface area contributed by atoms with Crippen molar-refractivity contribution in [3.05, 3.63) is 89.4 Å². The molecule has 0 saturated carbocycles. The van der Waals surface area contributed by atoms with Crippen LogP contribution in [0.3, 0.4) is 0 Å². The largest absolute Gasteiger partial charge is 0.385 e. The molecule has 0 saturated heterocycles. The van der Waals surface area contributed by atoms with Crippen molar-refractivity contribution in [1.82, 2.24) is 5.32 Å². The maximum absolute atomic E-state index is 13.4. The third kappa shape index (κ3) is 7.05. The van der Waals surface area contributed by atoms with Gasteiger partial charge in [0.25, 0.3) is 15.9 Å². The number of carbonyl (C=O) groups excluding carboxylic acids is 2. The highest BCUT2D eigenvalue weighted by Gasteiger charge is 2.27. The Balaban J connectivity index is 1.84. The zero-order valence-electron chi connectivity index (χ0n) is 19.1. The summed E-state index contributed by atoms with van der Waals surface area (Å²) >= 11 is 6.09. The van der Waals surface area contributed by atoms with Crippen LogP contribution in [0.25, 0.3) is 0 Å². The van der Waals surface area contributed by atoms with Gasteiger partial charge in [-0.1, -0.05) is 48.0 Å². The second-order valence-corrected chi connectivity index (χ2v) is 9.80. The van der Waals surface area contributed by atoms with E-state index in [0.29, 0.717) is 24.6 Å². The molecule has 0 bridgehead atoms.